The molecule has 3 N–H and O–H groups in total. The second kappa shape index (κ2) is 71.3. The molecule has 0 heterocycles. The summed E-state index contributed by atoms with van der Waals surface area (Å²) in [5.41, 5.74) is 0. The van der Waals surface area contributed by atoms with Crippen LogP contribution in [0.4, 0.5) is 0 Å². The van der Waals surface area contributed by atoms with Crippen LogP contribution in [-0.4, -0.2) is 96.7 Å². The smallest absolute Gasteiger partial charge is 0.462 e. The molecule has 6 atom stereocenters. The standard InChI is InChI=1S/C81H158O17P2/c1-8-10-11-45-55-62-78(83)91-68-76(97-80(85)64-58-51-44-38-32-26-25-28-34-40-47-53-60-73(5)6)70-95-99(87,88)93-66-75(82)67-94-100(89,90)96-71-77(69-92-79(84)63-56-49-42-36-30-23-20-16-17-21-27-33-39-46-52-59-72(3)4)98-81(86)65-57-50-43-37-31-24-19-15-13-12-14-18-22-29-35-41-48-54-61-74(7)9-2/h72-77,82H,8-71H2,1-7H3,(H,87,88)(H,89,90)/t74?,75-,76+,77+/m0/s1. The summed E-state index contributed by atoms with van der Waals surface area (Å²) >= 11 is 0. The number of phosphoric acid groups is 2. The Hall–Kier alpha value is -1.94. The number of carbonyl (C=O) groups is 4. The quantitative estimate of drug-likeness (QED) is 0.0222. The third-order valence-corrected chi connectivity index (χ3v) is 21.1. The molecule has 0 aromatic carbocycles. The van der Waals surface area contributed by atoms with E-state index in [0.29, 0.717) is 25.7 Å². The van der Waals surface area contributed by atoms with Crippen LogP contribution in [-0.2, 0) is 65.4 Å². The summed E-state index contributed by atoms with van der Waals surface area (Å²) < 4.78 is 68.5. The zero-order chi connectivity index (χ0) is 73.7. The topological polar surface area (TPSA) is 237 Å². The van der Waals surface area contributed by atoms with Crippen LogP contribution >= 0.6 is 15.6 Å². The van der Waals surface area contributed by atoms with Gasteiger partial charge in [0.1, 0.15) is 19.3 Å². The van der Waals surface area contributed by atoms with Crippen molar-refractivity contribution in [3.63, 3.8) is 0 Å². The monoisotopic (exact) mass is 1470 g/mol. The predicted octanol–water partition coefficient (Wildman–Crippen LogP) is 24.1. The molecule has 0 fully saturated rings. The van der Waals surface area contributed by atoms with Gasteiger partial charge in [-0.15, -0.1) is 0 Å². The molecule has 17 nitrogen and oxygen atoms in total. The van der Waals surface area contributed by atoms with Crippen molar-refractivity contribution >= 4 is 39.5 Å². The van der Waals surface area contributed by atoms with Gasteiger partial charge in [0.2, 0.25) is 0 Å². The molecule has 3 unspecified atom stereocenters. The van der Waals surface area contributed by atoms with Gasteiger partial charge in [-0.3, -0.25) is 37.3 Å². The molecule has 0 radical (unpaired) electrons. The normalized spacial score (nSPS) is 14.2. The molecular weight excluding hydrogens is 1310 g/mol. The van der Waals surface area contributed by atoms with Crippen molar-refractivity contribution in [2.45, 2.75) is 439 Å². The summed E-state index contributed by atoms with van der Waals surface area (Å²) in [6.45, 7) is 12.0. The second-order valence-corrected chi connectivity index (χ2v) is 33.3. The van der Waals surface area contributed by atoms with Crippen LogP contribution < -0.4 is 0 Å². The van der Waals surface area contributed by atoms with Gasteiger partial charge in [0.25, 0.3) is 0 Å². The average molecular weight is 1470 g/mol. The number of aliphatic hydroxyl groups excluding tert-OH is 1. The van der Waals surface area contributed by atoms with E-state index in [2.05, 4.69) is 48.5 Å². The Balaban J connectivity index is 5.12. The summed E-state index contributed by atoms with van der Waals surface area (Å²) in [6, 6.07) is 0. The van der Waals surface area contributed by atoms with Gasteiger partial charge < -0.3 is 33.8 Å². The summed E-state index contributed by atoms with van der Waals surface area (Å²) in [6.07, 6.45) is 60.1. The average Bonchev–Trinajstić information content (AvgIpc) is 0.919. The molecule has 0 saturated carbocycles. The number of hydrogen-bond donors (Lipinski definition) is 3. The molecule has 0 saturated heterocycles. The van der Waals surface area contributed by atoms with E-state index in [4.69, 9.17) is 37.0 Å². The van der Waals surface area contributed by atoms with Gasteiger partial charge in [-0.25, -0.2) is 9.13 Å². The molecule has 594 valence electrons. The van der Waals surface area contributed by atoms with Crippen LogP contribution in [0.2, 0.25) is 0 Å². The van der Waals surface area contributed by atoms with Crippen molar-refractivity contribution in [3.05, 3.63) is 0 Å². The maximum Gasteiger partial charge on any atom is 0.472 e. The first-order valence-corrected chi connectivity index (χ1v) is 44.9. The Morgan fingerprint density at radius 2 is 0.510 bits per heavy atom. The molecule has 0 aromatic heterocycles. The second-order valence-electron chi connectivity index (χ2n) is 30.4. The minimum Gasteiger partial charge on any atom is -0.462 e. The highest BCUT2D eigenvalue weighted by atomic mass is 31.2. The lowest BCUT2D eigenvalue weighted by molar-refractivity contribution is -0.161. The Labute approximate surface area is 613 Å². The number of aliphatic hydroxyl groups is 1. The summed E-state index contributed by atoms with van der Waals surface area (Å²) in [5, 5.41) is 10.6. The van der Waals surface area contributed by atoms with E-state index in [1.165, 1.54) is 225 Å². The molecule has 0 bridgehead atoms. The van der Waals surface area contributed by atoms with Crippen molar-refractivity contribution in [2.75, 3.05) is 39.6 Å². The van der Waals surface area contributed by atoms with E-state index in [1.54, 1.807) is 0 Å². The maximum absolute atomic E-state index is 13.1. The zero-order valence-corrected chi connectivity index (χ0v) is 67.5. The Bertz CT molecular complexity index is 1940. The van der Waals surface area contributed by atoms with Gasteiger partial charge in [0.05, 0.1) is 26.4 Å². The first-order chi connectivity index (χ1) is 48.3. The van der Waals surface area contributed by atoms with Crippen molar-refractivity contribution in [1.29, 1.82) is 0 Å². The van der Waals surface area contributed by atoms with E-state index in [1.807, 2.05) is 0 Å². The molecule has 0 aliphatic carbocycles. The fourth-order valence-electron chi connectivity index (χ4n) is 12.5. The van der Waals surface area contributed by atoms with Gasteiger partial charge in [-0.05, 0) is 43.4 Å². The molecule has 0 amide bonds. The molecule has 0 aromatic rings. The molecule has 0 aliphatic rings. The highest BCUT2D eigenvalue weighted by molar-refractivity contribution is 7.47. The lowest BCUT2D eigenvalue weighted by Crippen LogP contribution is -2.30. The maximum atomic E-state index is 13.1. The number of carbonyl (C=O) groups excluding carboxylic acids is 4. The van der Waals surface area contributed by atoms with Crippen LogP contribution in [0.5, 0.6) is 0 Å². The molecule has 19 heteroatoms. The Kier molecular flexibility index (Phi) is 69.9. The molecule has 0 aliphatic heterocycles. The van der Waals surface area contributed by atoms with Crippen molar-refractivity contribution in [2.24, 2.45) is 17.8 Å². The molecule has 100 heavy (non-hydrogen) atoms. The van der Waals surface area contributed by atoms with Gasteiger partial charge in [-0.2, -0.15) is 0 Å². The van der Waals surface area contributed by atoms with Crippen molar-refractivity contribution < 1.29 is 80.2 Å². The lowest BCUT2D eigenvalue weighted by Gasteiger charge is -2.21. The molecule has 0 spiro atoms. The summed E-state index contributed by atoms with van der Waals surface area (Å²) in [7, 11) is -9.91. The van der Waals surface area contributed by atoms with Gasteiger partial charge in [0, 0.05) is 25.7 Å². The first-order valence-electron chi connectivity index (χ1n) is 41.9. The Morgan fingerprint density at radius 1 is 0.290 bits per heavy atom. The number of phosphoric ester groups is 2. The van der Waals surface area contributed by atoms with Gasteiger partial charge in [0.15, 0.2) is 12.2 Å². The molecule has 0 rings (SSSR count). The fourth-order valence-corrected chi connectivity index (χ4v) is 14.0. The van der Waals surface area contributed by atoms with Crippen LogP contribution in [0, 0.1) is 17.8 Å². The minimum absolute atomic E-state index is 0.106. The van der Waals surface area contributed by atoms with Crippen LogP contribution in [0.25, 0.3) is 0 Å². The van der Waals surface area contributed by atoms with E-state index in [0.717, 1.165) is 114 Å². The van der Waals surface area contributed by atoms with E-state index >= 15 is 0 Å². The first kappa shape index (κ1) is 98.1. The number of hydrogen-bond acceptors (Lipinski definition) is 15. The largest absolute Gasteiger partial charge is 0.472 e. The minimum atomic E-state index is -4.96. The lowest BCUT2D eigenvalue weighted by atomic mass is 9.99. The van der Waals surface area contributed by atoms with Gasteiger partial charge >= 0.3 is 39.5 Å². The summed E-state index contributed by atoms with van der Waals surface area (Å²) in [5.74, 6) is 0.332. The third-order valence-electron chi connectivity index (χ3n) is 19.2. The van der Waals surface area contributed by atoms with Crippen molar-refractivity contribution in [3.8, 4) is 0 Å². The Morgan fingerprint density at radius 3 is 0.760 bits per heavy atom. The van der Waals surface area contributed by atoms with Crippen LogP contribution in [0.1, 0.15) is 421 Å². The zero-order valence-electron chi connectivity index (χ0n) is 65.7. The van der Waals surface area contributed by atoms with E-state index in [9.17, 15) is 43.2 Å². The van der Waals surface area contributed by atoms with Crippen molar-refractivity contribution in [1.82, 2.24) is 0 Å². The van der Waals surface area contributed by atoms with Crippen LogP contribution in [0.15, 0.2) is 0 Å². The number of esters is 4. The number of unbranched alkanes of at least 4 members (excludes halogenated alkanes) is 46. The summed E-state index contributed by atoms with van der Waals surface area (Å²) in [4.78, 5) is 72.7. The van der Waals surface area contributed by atoms with E-state index < -0.39 is 97.5 Å². The number of ether oxygens (including phenoxy) is 4. The molecular formula is C81H158O17P2. The SMILES string of the molecule is CCCCCCCC(=O)OC[C@H](COP(=O)(O)OC[C@H](O)COP(=O)(O)OC[C@@H](COC(=O)CCCCCCCCCCCCCCCCCC(C)C)OC(=O)CCCCCCCCCCCCCCCCCCCCC(C)CC)OC(=O)CCCCCCCCCCCCCCC(C)C. The fraction of sp³-hybridized carbons (Fsp3) is 0.951. The third kappa shape index (κ3) is 73.0. The van der Waals surface area contributed by atoms with Gasteiger partial charge in [-0.1, -0.05) is 370 Å². The highest BCUT2D eigenvalue weighted by Crippen LogP contribution is 2.45. The number of rotatable bonds is 79. The highest BCUT2D eigenvalue weighted by Gasteiger charge is 2.30. The predicted molar refractivity (Wildman–Crippen MR) is 409 cm³/mol. The van der Waals surface area contributed by atoms with E-state index in [-0.39, 0.29) is 25.7 Å². The van der Waals surface area contributed by atoms with Crippen LogP contribution in [0.3, 0.4) is 0 Å².